The highest BCUT2D eigenvalue weighted by atomic mass is 16.7. The lowest BCUT2D eigenvalue weighted by atomic mass is 9.99. The van der Waals surface area contributed by atoms with Crippen molar-refractivity contribution in [3.05, 3.63) is 59.4 Å². The number of aliphatic hydroxyl groups excluding tert-OH is 3. The van der Waals surface area contributed by atoms with Gasteiger partial charge in [-0.2, -0.15) is 5.26 Å². The maximum Gasteiger partial charge on any atom is 0.262 e. The molecular weight excluding hydrogens is 542 g/mol. The second-order valence-corrected chi connectivity index (χ2v) is 10.6. The van der Waals surface area contributed by atoms with Crippen LogP contribution >= 0.6 is 0 Å². The van der Waals surface area contributed by atoms with E-state index in [9.17, 15) is 25.4 Å². The number of nitrogens with zero attached hydrogens (tertiary/aromatic N) is 6. The Labute approximate surface area is 243 Å². The minimum absolute atomic E-state index is 0.0146. The Kier molecular flexibility index (Phi) is 9.12. The van der Waals surface area contributed by atoms with E-state index < -0.39 is 36.6 Å². The summed E-state index contributed by atoms with van der Waals surface area (Å²) < 4.78 is 11.9. The standard InChI is InChI=1S/C29H35N7O6/c1-34-7-9-35(10-8-34)23-6-5-19-11-18(3-4-20(19)13-23)12-21(14-30)28(40)31-15-22-16-36(33-32-22)17-24-25(37)26(38)27(39)29(41-2)42-24/h3-6,11-13,16,24-27,29,37-39H,7-10,15,17H2,1-2H3,(H,31,40)/b21-12+/t24-,25-,26+,27-,29+/m1/s1. The van der Waals surface area contributed by atoms with Crippen LogP contribution in [0, 0.1) is 11.3 Å². The molecule has 0 aliphatic carbocycles. The molecule has 0 unspecified atom stereocenters. The quantitative estimate of drug-likeness (QED) is 0.208. The molecule has 3 aromatic rings. The lowest BCUT2D eigenvalue weighted by molar-refractivity contribution is -0.292. The van der Waals surface area contributed by atoms with E-state index in [-0.39, 0.29) is 18.7 Å². The average Bonchev–Trinajstić information content (AvgIpc) is 3.46. The average molecular weight is 578 g/mol. The zero-order valence-electron chi connectivity index (χ0n) is 23.5. The Morgan fingerprint density at radius 2 is 1.86 bits per heavy atom. The molecule has 4 N–H and O–H groups in total. The lowest BCUT2D eigenvalue weighted by Gasteiger charge is -2.39. The molecule has 5 atom stereocenters. The molecule has 5 rings (SSSR count). The van der Waals surface area contributed by atoms with Crippen LogP contribution in [0.2, 0.25) is 0 Å². The van der Waals surface area contributed by atoms with Gasteiger partial charge in [-0.1, -0.05) is 23.4 Å². The number of fused-ring (bicyclic) bond motifs is 1. The molecule has 2 aliphatic rings. The van der Waals surface area contributed by atoms with E-state index in [4.69, 9.17) is 9.47 Å². The molecule has 1 aromatic heterocycles. The number of carbonyl (C=O) groups is 1. The van der Waals surface area contributed by atoms with Gasteiger partial charge in [-0.05, 0) is 47.7 Å². The number of amides is 1. The van der Waals surface area contributed by atoms with Gasteiger partial charge in [-0.15, -0.1) is 5.10 Å². The second-order valence-electron chi connectivity index (χ2n) is 10.6. The third-order valence-corrected chi connectivity index (χ3v) is 7.68. The highest BCUT2D eigenvalue weighted by Crippen LogP contribution is 2.25. The van der Waals surface area contributed by atoms with Crippen molar-refractivity contribution in [3.8, 4) is 6.07 Å². The Hall–Kier alpha value is -3.90. The molecule has 2 fully saturated rings. The third-order valence-electron chi connectivity index (χ3n) is 7.68. The van der Waals surface area contributed by atoms with Crippen molar-refractivity contribution in [1.82, 2.24) is 25.2 Å². The molecule has 2 saturated heterocycles. The number of ether oxygens (including phenoxy) is 2. The van der Waals surface area contributed by atoms with Gasteiger partial charge in [0, 0.05) is 39.0 Å². The van der Waals surface area contributed by atoms with E-state index in [2.05, 4.69) is 50.7 Å². The predicted molar refractivity (Wildman–Crippen MR) is 153 cm³/mol. The lowest BCUT2D eigenvalue weighted by Crippen LogP contribution is -2.58. The fraction of sp³-hybridized carbons (Fsp3) is 0.448. The van der Waals surface area contributed by atoms with Crippen LogP contribution in [-0.4, -0.2) is 112 Å². The molecule has 0 radical (unpaired) electrons. The molecule has 2 aromatic carbocycles. The van der Waals surface area contributed by atoms with E-state index in [0.717, 1.165) is 42.5 Å². The number of nitriles is 1. The van der Waals surface area contributed by atoms with Gasteiger partial charge >= 0.3 is 0 Å². The summed E-state index contributed by atoms with van der Waals surface area (Å²) in [5, 5.41) is 52.7. The molecular formula is C29H35N7O6. The number of hydrogen-bond donors (Lipinski definition) is 4. The number of carbonyl (C=O) groups excluding carboxylic acids is 1. The van der Waals surface area contributed by atoms with Crippen LogP contribution in [0.1, 0.15) is 11.3 Å². The fourth-order valence-electron chi connectivity index (χ4n) is 5.14. The SMILES string of the molecule is CO[C@H]1O[C@H](Cn2cc(CNC(=O)/C(C#N)=C/c3ccc4cc(N5CCN(C)CC5)ccc4c3)nn2)[C@@H](O)[C@H](O)[C@H]1O. The number of aromatic nitrogens is 3. The summed E-state index contributed by atoms with van der Waals surface area (Å²) in [4.78, 5) is 17.5. The summed E-state index contributed by atoms with van der Waals surface area (Å²) in [6, 6.07) is 14.1. The summed E-state index contributed by atoms with van der Waals surface area (Å²) >= 11 is 0. The van der Waals surface area contributed by atoms with Crippen LogP contribution in [0.3, 0.4) is 0 Å². The number of anilines is 1. The molecule has 42 heavy (non-hydrogen) atoms. The maximum atomic E-state index is 12.8. The van der Waals surface area contributed by atoms with Crippen molar-refractivity contribution in [2.75, 3.05) is 45.2 Å². The molecule has 13 nitrogen and oxygen atoms in total. The van der Waals surface area contributed by atoms with Crippen LogP contribution in [0.5, 0.6) is 0 Å². The summed E-state index contributed by atoms with van der Waals surface area (Å²) in [5.41, 5.74) is 2.29. The molecule has 2 aliphatic heterocycles. The number of hydrogen-bond acceptors (Lipinski definition) is 11. The number of methoxy groups -OCH3 is 1. The highest BCUT2D eigenvalue weighted by Gasteiger charge is 2.44. The molecule has 1 amide bonds. The number of rotatable bonds is 8. The fourth-order valence-corrected chi connectivity index (χ4v) is 5.14. The first kappa shape index (κ1) is 29.6. The van der Waals surface area contributed by atoms with Crippen molar-refractivity contribution in [3.63, 3.8) is 0 Å². The van der Waals surface area contributed by atoms with E-state index >= 15 is 0 Å². The predicted octanol–water partition coefficient (Wildman–Crippen LogP) is -0.140. The first-order chi connectivity index (χ1) is 20.2. The van der Waals surface area contributed by atoms with Crippen LogP contribution in [0.25, 0.3) is 16.8 Å². The zero-order chi connectivity index (χ0) is 29.8. The van der Waals surface area contributed by atoms with Gasteiger partial charge in [0.25, 0.3) is 5.91 Å². The third kappa shape index (κ3) is 6.60. The Bertz CT molecular complexity index is 1480. The second kappa shape index (κ2) is 13.0. The van der Waals surface area contributed by atoms with Crippen molar-refractivity contribution in [2.45, 2.75) is 43.8 Å². The van der Waals surface area contributed by atoms with Crippen LogP contribution in [0.4, 0.5) is 5.69 Å². The molecule has 0 bridgehead atoms. The maximum absolute atomic E-state index is 12.8. The van der Waals surface area contributed by atoms with Gasteiger partial charge in [0.2, 0.25) is 0 Å². The molecule has 222 valence electrons. The van der Waals surface area contributed by atoms with Crippen molar-refractivity contribution >= 4 is 28.4 Å². The monoisotopic (exact) mass is 577 g/mol. The minimum atomic E-state index is -1.45. The molecule has 13 heteroatoms. The summed E-state index contributed by atoms with van der Waals surface area (Å²) in [5.74, 6) is -0.552. The summed E-state index contributed by atoms with van der Waals surface area (Å²) in [6.07, 6.45) is -3.12. The highest BCUT2D eigenvalue weighted by molar-refractivity contribution is 6.02. The first-order valence-corrected chi connectivity index (χ1v) is 13.7. The van der Waals surface area contributed by atoms with E-state index in [1.165, 1.54) is 17.5 Å². The molecule has 0 spiro atoms. The summed E-state index contributed by atoms with van der Waals surface area (Å²) in [6.45, 7) is 4.08. The number of piperazine rings is 1. The number of benzene rings is 2. The number of nitrogens with one attached hydrogen (secondary N) is 1. The van der Waals surface area contributed by atoms with Gasteiger partial charge in [0.15, 0.2) is 6.29 Å². The molecule has 0 saturated carbocycles. The van der Waals surface area contributed by atoms with Gasteiger partial charge in [-0.3, -0.25) is 4.79 Å². The molecule has 3 heterocycles. The number of aliphatic hydroxyl groups is 3. The van der Waals surface area contributed by atoms with Crippen LogP contribution < -0.4 is 10.2 Å². The van der Waals surface area contributed by atoms with E-state index in [0.29, 0.717) is 5.69 Å². The topological polar surface area (TPSA) is 169 Å². The smallest absolute Gasteiger partial charge is 0.262 e. The largest absolute Gasteiger partial charge is 0.388 e. The van der Waals surface area contributed by atoms with Gasteiger partial charge in [0.1, 0.15) is 41.8 Å². The van der Waals surface area contributed by atoms with Gasteiger partial charge < -0.3 is 39.9 Å². The Morgan fingerprint density at radius 1 is 1.12 bits per heavy atom. The van der Waals surface area contributed by atoms with E-state index in [1.807, 2.05) is 24.3 Å². The Morgan fingerprint density at radius 3 is 2.60 bits per heavy atom. The van der Waals surface area contributed by atoms with Crippen molar-refractivity contribution in [1.29, 1.82) is 5.26 Å². The van der Waals surface area contributed by atoms with E-state index in [1.54, 1.807) is 12.3 Å². The van der Waals surface area contributed by atoms with Crippen LogP contribution in [0.15, 0.2) is 48.2 Å². The first-order valence-electron chi connectivity index (χ1n) is 13.7. The minimum Gasteiger partial charge on any atom is -0.388 e. The number of likely N-dealkylation sites (N-methyl/N-ethyl adjacent to an activating group) is 1. The normalized spacial score (nSPS) is 25.4. The zero-order valence-corrected chi connectivity index (χ0v) is 23.5. The van der Waals surface area contributed by atoms with Crippen LogP contribution in [-0.2, 0) is 27.4 Å². The van der Waals surface area contributed by atoms with Crippen molar-refractivity contribution < 1.29 is 29.6 Å². The van der Waals surface area contributed by atoms with Gasteiger partial charge in [-0.25, -0.2) is 4.68 Å². The van der Waals surface area contributed by atoms with Crippen molar-refractivity contribution in [2.24, 2.45) is 0 Å². The Balaban J connectivity index is 1.19. The summed E-state index contributed by atoms with van der Waals surface area (Å²) in [7, 11) is 3.45. The van der Waals surface area contributed by atoms with Gasteiger partial charge in [0.05, 0.1) is 19.3 Å².